The summed E-state index contributed by atoms with van der Waals surface area (Å²) in [6.07, 6.45) is 7.47. The van der Waals surface area contributed by atoms with Gasteiger partial charge in [-0.1, -0.05) is 13.3 Å². The van der Waals surface area contributed by atoms with Crippen LogP contribution in [0.15, 0.2) is 0 Å². The molecule has 0 radical (unpaired) electrons. The van der Waals surface area contributed by atoms with Crippen molar-refractivity contribution in [2.24, 2.45) is 17.3 Å². The summed E-state index contributed by atoms with van der Waals surface area (Å²) in [5, 5.41) is 9.75. The van der Waals surface area contributed by atoms with Crippen LogP contribution in [0.1, 0.15) is 59.3 Å². The molecular weight excluding hydrogens is 212 g/mol. The number of aliphatic hydroxyl groups excluding tert-OH is 1. The minimum absolute atomic E-state index is 0.0164. The number of hydrogen-bond donors (Lipinski definition) is 1. The van der Waals surface area contributed by atoms with Crippen LogP contribution in [-0.2, 0) is 4.74 Å². The molecule has 0 amide bonds. The third-order valence-electron chi connectivity index (χ3n) is 6.21. The summed E-state index contributed by atoms with van der Waals surface area (Å²) in [7, 11) is 0. The van der Waals surface area contributed by atoms with E-state index >= 15 is 0 Å². The van der Waals surface area contributed by atoms with Gasteiger partial charge in [-0.15, -0.1) is 0 Å². The highest BCUT2D eigenvalue weighted by Crippen LogP contribution is 2.65. The fourth-order valence-corrected chi connectivity index (χ4v) is 5.02. The second kappa shape index (κ2) is 3.48. The lowest BCUT2D eigenvalue weighted by atomic mass is 9.52. The molecule has 1 aliphatic heterocycles. The van der Waals surface area contributed by atoms with Crippen molar-refractivity contribution in [3.05, 3.63) is 0 Å². The van der Waals surface area contributed by atoms with Gasteiger partial charge in [0.25, 0.3) is 0 Å². The van der Waals surface area contributed by atoms with Gasteiger partial charge in [0.2, 0.25) is 0 Å². The van der Waals surface area contributed by atoms with Crippen LogP contribution in [0, 0.1) is 17.3 Å². The molecule has 3 rings (SSSR count). The van der Waals surface area contributed by atoms with E-state index in [0.717, 1.165) is 6.42 Å². The largest absolute Gasteiger partial charge is 0.396 e. The molecule has 1 spiro atoms. The first-order valence-corrected chi connectivity index (χ1v) is 7.25. The van der Waals surface area contributed by atoms with E-state index in [4.69, 9.17) is 4.74 Å². The van der Waals surface area contributed by atoms with Crippen LogP contribution < -0.4 is 0 Å². The highest BCUT2D eigenvalue weighted by Gasteiger charge is 2.65. The van der Waals surface area contributed by atoms with E-state index in [0.29, 0.717) is 23.9 Å². The van der Waals surface area contributed by atoms with E-state index in [1.54, 1.807) is 0 Å². The van der Waals surface area contributed by atoms with Crippen LogP contribution in [0.2, 0.25) is 0 Å². The number of hydrogen-bond acceptors (Lipinski definition) is 2. The summed E-state index contributed by atoms with van der Waals surface area (Å²) in [4.78, 5) is 0. The fraction of sp³-hybridized carbons (Fsp3) is 1.00. The van der Waals surface area contributed by atoms with Gasteiger partial charge < -0.3 is 9.84 Å². The molecule has 0 aromatic heterocycles. The number of ether oxygens (including phenoxy) is 1. The third-order valence-corrected chi connectivity index (χ3v) is 6.21. The summed E-state index contributed by atoms with van der Waals surface area (Å²) < 4.78 is 6.61. The Morgan fingerprint density at radius 1 is 1.18 bits per heavy atom. The van der Waals surface area contributed by atoms with Gasteiger partial charge in [-0.3, -0.25) is 0 Å². The molecule has 2 heteroatoms. The van der Waals surface area contributed by atoms with Gasteiger partial charge in [0, 0.05) is 12.5 Å². The molecular formula is C15H26O2. The minimum Gasteiger partial charge on any atom is -0.396 e. The van der Waals surface area contributed by atoms with Gasteiger partial charge in [-0.2, -0.15) is 0 Å². The Labute approximate surface area is 105 Å². The van der Waals surface area contributed by atoms with Crippen molar-refractivity contribution in [2.75, 3.05) is 6.61 Å². The molecule has 2 aliphatic carbocycles. The Morgan fingerprint density at radius 3 is 2.65 bits per heavy atom. The van der Waals surface area contributed by atoms with Gasteiger partial charge in [0.15, 0.2) is 0 Å². The van der Waals surface area contributed by atoms with Gasteiger partial charge in [-0.05, 0) is 57.3 Å². The summed E-state index contributed by atoms with van der Waals surface area (Å²) >= 11 is 0. The third kappa shape index (κ3) is 1.40. The van der Waals surface area contributed by atoms with E-state index in [9.17, 15) is 5.11 Å². The highest BCUT2D eigenvalue weighted by molar-refractivity contribution is 5.15. The molecule has 3 fully saturated rings. The second-order valence-electron chi connectivity index (χ2n) is 7.37. The van der Waals surface area contributed by atoms with E-state index in [1.807, 2.05) is 0 Å². The lowest BCUT2D eigenvalue weighted by Gasteiger charge is -2.55. The SMILES string of the molecule is CC1(C)OC23C[C@H]1CC[C@]2(C)CCC[C@@H]3CO. The first kappa shape index (κ1) is 12.0. The molecule has 3 aliphatic rings. The first-order chi connectivity index (χ1) is 7.94. The van der Waals surface area contributed by atoms with Gasteiger partial charge in [-0.25, -0.2) is 0 Å². The molecule has 4 atom stereocenters. The molecule has 0 aromatic carbocycles. The van der Waals surface area contributed by atoms with Crippen molar-refractivity contribution in [1.82, 2.24) is 0 Å². The van der Waals surface area contributed by atoms with Gasteiger partial charge >= 0.3 is 0 Å². The average molecular weight is 238 g/mol. The molecule has 1 saturated heterocycles. The lowest BCUT2D eigenvalue weighted by molar-refractivity contribution is -0.203. The molecule has 1 heterocycles. The topological polar surface area (TPSA) is 29.5 Å². The maximum absolute atomic E-state index is 9.75. The van der Waals surface area contributed by atoms with E-state index < -0.39 is 0 Å². The summed E-state index contributed by atoms with van der Waals surface area (Å²) in [6, 6.07) is 0. The standard InChI is InChI=1S/C15H26O2/c1-13(2)11-6-8-14(3)7-4-5-12(10-16)15(14,9-11)17-13/h11-12,16H,4-10H2,1-3H3/t11-,12-,14+,15?/m1/s1. The van der Waals surface area contributed by atoms with Crippen molar-refractivity contribution in [3.8, 4) is 0 Å². The van der Waals surface area contributed by atoms with Crippen LogP contribution in [0.4, 0.5) is 0 Å². The Bertz CT molecular complexity index is 325. The Balaban J connectivity index is 2.03. The molecule has 2 bridgehead atoms. The van der Waals surface area contributed by atoms with E-state index in [1.165, 1.54) is 32.1 Å². The Hall–Kier alpha value is -0.0800. The van der Waals surface area contributed by atoms with Crippen LogP contribution in [0.3, 0.4) is 0 Å². The van der Waals surface area contributed by atoms with Crippen LogP contribution >= 0.6 is 0 Å². The second-order valence-corrected chi connectivity index (χ2v) is 7.37. The summed E-state index contributed by atoms with van der Waals surface area (Å²) in [5.74, 6) is 1.06. The smallest absolute Gasteiger partial charge is 0.0796 e. The van der Waals surface area contributed by atoms with E-state index in [-0.39, 0.29) is 11.2 Å². The zero-order valence-corrected chi connectivity index (χ0v) is 11.5. The molecule has 2 nitrogen and oxygen atoms in total. The lowest BCUT2D eigenvalue weighted by Crippen LogP contribution is -2.57. The molecule has 17 heavy (non-hydrogen) atoms. The first-order valence-electron chi connectivity index (χ1n) is 7.25. The summed E-state index contributed by atoms with van der Waals surface area (Å²) in [5.41, 5.74) is 0.303. The quantitative estimate of drug-likeness (QED) is 0.760. The average Bonchev–Trinajstić information content (AvgIpc) is 2.49. The maximum atomic E-state index is 9.75. The van der Waals surface area contributed by atoms with Crippen LogP contribution in [0.5, 0.6) is 0 Å². The normalized spacial score (nSPS) is 52.2. The molecule has 0 aromatic rings. The van der Waals surface area contributed by atoms with Crippen LogP contribution in [-0.4, -0.2) is 22.9 Å². The van der Waals surface area contributed by atoms with Crippen molar-refractivity contribution in [2.45, 2.75) is 70.5 Å². The minimum atomic E-state index is -0.0214. The molecule has 98 valence electrons. The Morgan fingerprint density at radius 2 is 1.94 bits per heavy atom. The van der Waals surface area contributed by atoms with E-state index in [2.05, 4.69) is 20.8 Å². The molecule has 2 saturated carbocycles. The molecule has 1 unspecified atom stereocenters. The van der Waals surface area contributed by atoms with Gasteiger partial charge in [0.05, 0.1) is 11.2 Å². The highest BCUT2D eigenvalue weighted by atomic mass is 16.5. The predicted octanol–water partition coefficient (Wildman–Crippen LogP) is 3.13. The zero-order chi connectivity index (χ0) is 12.3. The monoisotopic (exact) mass is 238 g/mol. The maximum Gasteiger partial charge on any atom is 0.0796 e. The number of aliphatic hydroxyl groups is 1. The number of fused-ring (bicyclic) bond motifs is 1. The Kier molecular flexibility index (Phi) is 2.45. The number of rotatable bonds is 1. The summed E-state index contributed by atoms with van der Waals surface area (Å²) in [6.45, 7) is 7.22. The van der Waals surface area contributed by atoms with Crippen molar-refractivity contribution in [3.63, 3.8) is 0 Å². The van der Waals surface area contributed by atoms with Crippen LogP contribution in [0.25, 0.3) is 0 Å². The zero-order valence-electron chi connectivity index (χ0n) is 11.5. The predicted molar refractivity (Wildman–Crippen MR) is 67.8 cm³/mol. The van der Waals surface area contributed by atoms with Crippen molar-refractivity contribution in [1.29, 1.82) is 0 Å². The fourth-order valence-electron chi connectivity index (χ4n) is 5.02. The van der Waals surface area contributed by atoms with Gasteiger partial charge in [0.1, 0.15) is 0 Å². The van der Waals surface area contributed by atoms with Crippen molar-refractivity contribution < 1.29 is 9.84 Å². The molecule has 1 N–H and O–H groups in total. The van der Waals surface area contributed by atoms with Crippen molar-refractivity contribution >= 4 is 0 Å².